The second kappa shape index (κ2) is 5.84. The molecule has 2 aromatic rings. The molecule has 4 heteroatoms. The van der Waals surface area contributed by atoms with Crippen molar-refractivity contribution < 1.29 is 4.79 Å². The Morgan fingerprint density at radius 1 is 1.41 bits per heavy atom. The first-order valence-electron chi connectivity index (χ1n) is 7.76. The molecule has 0 radical (unpaired) electrons. The van der Waals surface area contributed by atoms with E-state index >= 15 is 0 Å². The van der Waals surface area contributed by atoms with Crippen LogP contribution in [0.5, 0.6) is 0 Å². The summed E-state index contributed by atoms with van der Waals surface area (Å²) in [7, 11) is 0. The van der Waals surface area contributed by atoms with Crippen LogP contribution < -0.4 is 5.32 Å². The molecule has 0 saturated carbocycles. The lowest BCUT2D eigenvalue weighted by Crippen LogP contribution is -2.27. The molecule has 1 amide bonds. The zero-order valence-electron chi connectivity index (χ0n) is 13.3. The molecular formula is C18H22N2OS. The quantitative estimate of drug-likeness (QED) is 0.884. The van der Waals surface area contributed by atoms with Crippen LogP contribution in [0.25, 0.3) is 0 Å². The number of anilines is 1. The van der Waals surface area contributed by atoms with Crippen molar-refractivity contribution in [3.05, 3.63) is 45.9 Å². The van der Waals surface area contributed by atoms with Crippen LogP contribution in [0.2, 0.25) is 0 Å². The smallest absolute Gasteiger partial charge is 0.256 e. The highest BCUT2D eigenvalue weighted by molar-refractivity contribution is 7.10. The summed E-state index contributed by atoms with van der Waals surface area (Å²) < 4.78 is 0. The van der Waals surface area contributed by atoms with E-state index in [-0.39, 0.29) is 5.91 Å². The van der Waals surface area contributed by atoms with Crippen LogP contribution in [-0.4, -0.2) is 10.9 Å². The summed E-state index contributed by atoms with van der Waals surface area (Å²) in [6.45, 7) is 6.94. The van der Waals surface area contributed by atoms with Crippen LogP contribution in [0, 0.1) is 11.3 Å². The maximum absolute atomic E-state index is 12.5. The van der Waals surface area contributed by atoms with Gasteiger partial charge in [0, 0.05) is 16.5 Å². The Kier molecular flexibility index (Phi) is 4.04. The maximum atomic E-state index is 12.5. The first kappa shape index (κ1) is 15.2. The number of nitrogens with one attached hydrogen (secondary N) is 1. The molecule has 0 saturated heterocycles. The average Bonchev–Trinajstić information content (AvgIpc) is 2.90. The van der Waals surface area contributed by atoms with E-state index in [0.717, 1.165) is 24.1 Å². The zero-order chi connectivity index (χ0) is 15.7. The van der Waals surface area contributed by atoms with Crippen LogP contribution in [0.15, 0.2) is 29.9 Å². The molecule has 2 heterocycles. The number of carbonyl (C=O) groups excluding carboxylic acids is 1. The molecule has 1 N–H and O–H groups in total. The SMILES string of the molecule is CC(C)(C)C1CCc2c(C(=O)Nc3cccnc3)csc2C1. The fourth-order valence-corrected chi connectivity index (χ4v) is 4.24. The van der Waals surface area contributed by atoms with Gasteiger partial charge in [0.15, 0.2) is 0 Å². The van der Waals surface area contributed by atoms with Crippen molar-refractivity contribution in [3.8, 4) is 0 Å². The van der Waals surface area contributed by atoms with Gasteiger partial charge >= 0.3 is 0 Å². The number of aromatic nitrogens is 1. The van der Waals surface area contributed by atoms with Crippen molar-refractivity contribution in [1.82, 2.24) is 4.98 Å². The Balaban J connectivity index is 1.78. The molecule has 1 atom stereocenters. The molecule has 0 spiro atoms. The Bertz CT molecular complexity index is 670. The van der Waals surface area contributed by atoms with Gasteiger partial charge in [0.25, 0.3) is 5.91 Å². The van der Waals surface area contributed by atoms with Crippen LogP contribution >= 0.6 is 11.3 Å². The van der Waals surface area contributed by atoms with E-state index in [1.807, 2.05) is 17.5 Å². The maximum Gasteiger partial charge on any atom is 0.256 e. The van der Waals surface area contributed by atoms with Crippen molar-refractivity contribution >= 4 is 22.9 Å². The number of hydrogen-bond acceptors (Lipinski definition) is 3. The lowest BCUT2D eigenvalue weighted by Gasteiger charge is -2.34. The minimum Gasteiger partial charge on any atom is -0.321 e. The number of thiophene rings is 1. The van der Waals surface area contributed by atoms with Gasteiger partial charge in [0.05, 0.1) is 17.4 Å². The van der Waals surface area contributed by atoms with Gasteiger partial charge in [-0.2, -0.15) is 0 Å². The zero-order valence-corrected chi connectivity index (χ0v) is 14.2. The summed E-state index contributed by atoms with van der Waals surface area (Å²) in [6.07, 6.45) is 6.65. The third-order valence-corrected chi connectivity index (χ3v) is 5.60. The predicted molar refractivity (Wildman–Crippen MR) is 91.5 cm³/mol. The van der Waals surface area contributed by atoms with E-state index in [1.54, 1.807) is 23.7 Å². The second-order valence-corrected chi connectivity index (χ2v) is 8.02. The van der Waals surface area contributed by atoms with Gasteiger partial charge in [-0.05, 0) is 48.3 Å². The Morgan fingerprint density at radius 2 is 2.23 bits per heavy atom. The van der Waals surface area contributed by atoms with E-state index in [4.69, 9.17) is 0 Å². The van der Waals surface area contributed by atoms with E-state index in [0.29, 0.717) is 11.3 Å². The molecule has 0 aliphatic heterocycles. The molecule has 1 unspecified atom stereocenters. The minimum atomic E-state index is -0.0142. The first-order valence-corrected chi connectivity index (χ1v) is 8.63. The van der Waals surface area contributed by atoms with Crippen molar-refractivity contribution in [2.75, 3.05) is 5.32 Å². The van der Waals surface area contributed by atoms with Gasteiger partial charge in [0.2, 0.25) is 0 Å². The molecule has 0 fully saturated rings. The van der Waals surface area contributed by atoms with Gasteiger partial charge in [-0.3, -0.25) is 9.78 Å². The molecule has 1 aliphatic rings. The molecule has 3 rings (SSSR count). The molecule has 0 bridgehead atoms. The molecular weight excluding hydrogens is 292 g/mol. The highest BCUT2D eigenvalue weighted by Crippen LogP contribution is 2.40. The average molecular weight is 314 g/mol. The monoisotopic (exact) mass is 314 g/mol. The van der Waals surface area contributed by atoms with Gasteiger partial charge in [-0.25, -0.2) is 0 Å². The summed E-state index contributed by atoms with van der Waals surface area (Å²) >= 11 is 1.73. The number of amides is 1. The van der Waals surface area contributed by atoms with E-state index < -0.39 is 0 Å². The molecule has 0 aromatic carbocycles. The van der Waals surface area contributed by atoms with Crippen molar-refractivity contribution in [3.63, 3.8) is 0 Å². The summed E-state index contributed by atoms with van der Waals surface area (Å²) in [4.78, 5) is 17.9. The third-order valence-electron chi connectivity index (χ3n) is 4.54. The van der Waals surface area contributed by atoms with Gasteiger partial charge in [-0.1, -0.05) is 20.8 Å². The van der Waals surface area contributed by atoms with Gasteiger partial charge < -0.3 is 5.32 Å². The van der Waals surface area contributed by atoms with Crippen LogP contribution in [0.3, 0.4) is 0 Å². The lowest BCUT2D eigenvalue weighted by molar-refractivity contribution is 0.102. The summed E-state index contributed by atoms with van der Waals surface area (Å²) in [6, 6.07) is 3.69. The fourth-order valence-electron chi connectivity index (χ4n) is 3.08. The Labute approximate surface area is 135 Å². The van der Waals surface area contributed by atoms with Crippen molar-refractivity contribution in [1.29, 1.82) is 0 Å². The van der Waals surface area contributed by atoms with Gasteiger partial charge in [-0.15, -0.1) is 11.3 Å². The Morgan fingerprint density at radius 3 is 2.91 bits per heavy atom. The fraction of sp³-hybridized carbons (Fsp3) is 0.444. The van der Waals surface area contributed by atoms with Gasteiger partial charge in [0.1, 0.15) is 0 Å². The largest absolute Gasteiger partial charge is 0.321 e. The van der Waals surface area contributed by atoms with E-state index in [9.17, 15) is 4.79 Å². The summed E-state index contributed by atoms with van der Waals surface area (Å²) in [5.41, 5.74) is 3.18. The molecule has 116 valence electrons. The number of nitrogens with zero attached hydrogens (tertiary/aromatic N) is 1. The minimum absolute atomic E-state index is 0.0142. The highest BCUT2D eigenvalue weighted by Gasteiger charge is 2.31. The van der Waals surface area contributed by atoms with E-state index in [2.05, 4.69) is 31.1 Å². The number of fused-ring (bicyclic) bond motifs is 1. The van der Waals surface area contributed by atoms with Crippen molar-refractivity contribution in [2.45, 2.75) is 40.0 Å². The number of hydrogen-bond donors (Lipinski definition) is 1. The number of pyridine rings is 1. The standard InChI is InChI=1S/C18H22N2OS/c1-18(2,3)12-6-7-14-15(11-22-16(14)9-12)17(21)20-13-5-4-8-19-10-13/h4-5,8,10-12H,6-7,9H2,1-3H3,(H,20,21). The topological polar surface area (TPSA) is 42.0 Å². The predicted octanol–water partition coefficient (Wildman–Crippen LogP) is 4.55. The Hall–Kier alpha value is -1.68. The van der Waals surface area contributed by atoms with Crippen LogP contribution in [-0.2, 0) is 12.8 Å². The van der Waals surface area contributed by atoms with E-state index in [1.165, 1.54) is 16.9 Å². The normalized spacial score (nSPS) is 17.9. The number of carbonyl (C=O) groups is 1. The molecule has 2 aromatic heterocycles. The summed E-state index contributed by atoms with van der Waals surface area (Å²) in [5.74, 6) is 0.688. The van der Waals surface area contributed by atoms with Crippen LogP contribution in [0.4, 0.5) is 5.69 Å². The second-order valence-electron chi connectivity index (χ2n) is 7.05. The first-order chi connectivity index (χ1) is 10.4. The van der Waals surface area contributed by atoms with Crippen molar-refractivity contribution in [2.24, 2.45) is 11.3 Å². The lowest BCUT2D eigenvalue weighted by atomic mass is 9.72. The highest BCUT2D eigenvalue weighted by atomic mass is 32.1. The third kappa shape index (κ3) is 3.07. The molecule has 1 aliphatic carbocycles. The molecule has 22 heavy (non-hydrogen) atoms. The summed E-state index contributed by atoms with van der Waals surface area (Å²) in [5, 5.41) is 4.96. The van der Waals surface area contributed by atoms with Crippen LogP contribution in [0.1, 0.15) is 48.0 Å². The molecule has 3 nitrogen and oxygen atoms in total. The number of rotatable bonds is 2.